The summed E-state index contributed by atoms with van der Waals surface area (Å²) in [6.45, 7) is 1.00. The van der Waals surface area contributed by atoms with E-state index in [0.717, 1.165) is 18.4 Å². The summed E-state index contributed by atoms with van der Waals surface area (Å²) in [5, 5.41) is 14.1. The highest BCUT2D eigenvalue weighted by Gasteiger charge is 2.34. The van der Waals surface area contributed by atoms with Gasteiger partial charge in [-0.2, -0.15) is 0 Å². The number of nitrogens with one attached hydrogen (secondary N) is 1. The average molecular weight is 389 g/mol. The number of nitrogens with zero attached hydrogens (tertiary/aromatic N) is 1. The first-order chi connectivity index (χ1) is 13.0. The molecule has 140 valence electrons. The van der Waals surface area contributed by atoms with Crippen LogP contribution in [0.3, 0.4) is 0 Å². The lowest BCUT2D eigenvalue weighted by Crippen LogP contribution is -2.30. The Hall–Kier alpha value is -2.80. The van der Waals surface area contributed by atoms with Gasteiger partial charge in [0.25, 0.3) is 11.6 Å². The summed E-state index contributed by atoms with van der Waals surface area (Å²) in [7, 11) is 0. The maximum absolute atomic E-state index is 12.8. The number of non-ortho nitro benzene ring substituents is 1. The predicted molar refractivity (Wildman–Crippen MR) is 98.5 cm³/mol. The van der Waals surface area contributed by atoms with Gasteiger partial charge < -0.3 is 14.8 Å². The molecule has 0 spiro atoms. The van der Waals surface area contributed by atoms with E-state index in [4.69, 9.17) is 21.1 Å². The van der Waals surface area contributed by atoms with Crippen LogP contribution in [0, 0.1) is 16.0 Å². The molecule has 27 heavy (non-hydrogen) atoms. The topological polar surface area (TPSA) is 90.7 Å². The van der Waals surface area contributed by atoms with Crippen molar-refractivity contribution in [3.8, 4) is 11.5 Å². The van der Waals surface area contributed by atoms with Crippen LogP contribution >= 0.6 is 11.6 Å². The summed E-state index contributed by atoms with van der Waals surface area (Å²) >= 11 is 6.10. The third kappa shape index (κ3) is 3.68. The average Bonchev–Trinajstić information content (AvgIpc) is 3.50. The largest absolute Gasteiger partial charge is 0.486 e. The zero-order valence-electron chi connectivity index (χ0n) is 14.3. The summed E-state index contributed by atoms with van der Waals surface area (Å²) < 4.78 is 11.2. The Morgan fingerprint density at radius 1 is 1.15 bits per heavy atom. The summed E-state index contributed by atoms with van der Waals surface area (Å²) in [6.07, 6.45) is 2.00. The third-order valence-electron chi connectivity index (χ3n) is 4.71. The monoisotopic (exact) mass is 388 g/mol. The van der Waals surface area contributed by atoms with Gasteiger partial charge in [-0.25, -0.2) is 0 Å². The fourth-order valence-corrected chi connectivity index (χ4v) is 3.38. The zero-order chi connectivity index (χ0) is 19.0. The van der Waals surface area contributed by atoms with Crippen LogP contribution in [0.1, 0.15) is 34.8 Å². The molecule has 1 saturated carbocycles. The number of hydrogen-bond acceptors (Lipinski definition) is 5. The predicted octanol–water partition coefficient (Wildman–Crippen LogP) is 3.90. The Balaban J connectivity index is 1.60. The number of fused-ring (bicyclic) bond motifs is 1. The van der Waals surface area contributed by atoms with Crippen LogP contribution in [0.5, 0.6) is 11.5 Å². The summed E-state index contributed by atoms with van der Waals surface area (Å²) in [4.78, 5) is 23.2. The van der Waals surface area contributed by atoms with Gasteiger partial charge in [0, 0.05) is 12.1 Å². The van der Waals surface area contributed by atoms with Crippen LogP contribution in [0.4, 0.5) is 5.69 Å². The molecule has 1 aliphatic carbocycles. The van der Waals surface area contributed by atoms with E-state index in [9.17, 15) is 14.9 Å². The fraction of sp³-hybridized carbons (Fsp3) is 0.316. The van der Waals surface area contributed by atoms with Crippen LogP contribution < -0.4 is 14.8 Å². The Labute approximate surface area is 160 Å². The molecule has 7 nitrogen and oxygen atoms in total. The molecule has 1 atom stereocenters. The number of benzene rings is 2. The van der Waals surface area contributed by atoms with Crippen LogP contribution in [-0.4, -0.2) is 24.0 Å². The van der Waals surface area contributed by atoms with E-state index in [1.807, 2.05) is 18.2 Å². The van der Waals surface area contributed by atoms with E-state index in [-0.39, 0.29) is 22.3 Å². The minimum atomic E-state index is -0.549. The molecule has 0 aromatic heterocycles. The van der Waals surface area contributed by atoms with Gasteiger partial charge in [-0.15, -0.1) is 0 Å². The Kier molecular flexibility index (Phi) is 4.61. The minimum Gasteiger partial charge on any atom is -0.486 e. The van der Waals surface area contributed by atoms with Crippen LogP contribution in [-0.2, 0) is 0 Å². The standard InChI is InChI=1S/C19H17ClN2O5/c20-15-5-4-13(22(24)25)10-14(15)19(23)21-18(11-1-2-11)12-3-6-16-17(9-12)27-8-7-26-16/h3-6,9-11,18H,1-2,7-8H2,(H,21,23). The minimum absolute atomic E-state index is 0.0917. The number of amides is 1. The highest BCUT2D eigenvalue weighted by Crippen LogP contribution is 2.43. The number of rotatable bonds is 5. The van der Waals surface area contributed by atoms with Gasteiger partial charge in [0.2, 0.25) is 0 Å². The number of nitro groups is 1. The van der Waals surface area contributed by atoms with E-state index in [1.54, 1.807) is 0 Å². The molecule has 2 aliphatic rings. The van der Waals surface area contributed by atoms with Gasteiger partial charge in [0.1, 0.15) is 13.2 Å². The van der Waals surface area contributed by atoms with Crippen LogP contribution in [0.2, 0.25) is 5.02 Å². The summed E-state index contributed by atoms with van der Waals surface area (Å²) in [5.74, 6) is 1.23. The molecule has 2 aromatic rings. The van der Waals surface area contributed by atoms with Crippen molar-refractivity contribution in [2.45, 2.75) is 18.9 Å². The van der Waals surface area contributed by atoms with E-state index in [0.29, 0.717) is 30.6 Å². The molecule has 2 aromatic carbocycles. The Morgan fingerprint density at radius 3 is 2.59 bits per heavy atom. The highest BCUT2D eigenvalue weighted by molar-refractivity contribution is 6.34. The Bertz CT molecular complexity index is 913. The number of hydrogen-bond donors (Lipinski definition) is 1. The molecule has 0 saturated heterocycles. The van der Waals surface area contributed by atoms with Crippen LogP contribution in [0.15, 0.2) is 36.4 Å². The van der Waals surface area contributed by atoms with Gasteiger partial charge in [-0.3, -0.25) is 14.9 Å². The smallest absolute Gasteiger partial charge is 0.270 e. The van der Waals surface area contributed by atoms with Crippen LogP contribution in [0.25, 0.3) is 0 Å². The second-order valence-corrected chi connectivity index (χ2v) is 7.02. The molecule has 1 N–H and O–H groups in total. The van der Waals surface area contributed by atoms with E-state index in [1.165, 1.54) is 18.2 Å². The second-order valence-electron chi connectivity index (χ2n) is 6.61. The Morgan fingerprint density at radius 2 is 1.89 bits per heavy atom. The molecule has 1 fully saturated rings. The highest BCUT2D eigenvalue weighted by atomic mass is 35.5. The van der Waals surface area contributed by atoms with E-state index < -0.39 is 10.8 Å². The lowest BCUT2D eigenvalue weighted by Gasteiger charge is -2.23. The molecular weight excluding hydrogens is 372 g/mol. The van der Waals surface area contributed by atoms with Gasteiger partial charge in [0.05, 0.1) is 21.6 Å². The first-order valence-corrected chi connectivity index (χ1v) is 9.05. The van der Waals surface area contributed by atoms with Gasteiger partial charge in [-0.1, -0.05) is 17.7 Å². The van der Waals surface area contributed by atoms with E-state index >= 15 is 0 Å². The lowest BCUT2D eigenvalue weighted by molar-refractivity contribution is -0.384. The molecular formula is C19H17ClN2O5. The van der Waals surface area contributed by atoms with Crippen molar-refractivity contribution in [2.24, 2.45) is 5.92 Å². The maximum atomic E-state index is 12.8. The third-order valence-corrected chi connectivity index (χ3v) is 5.04. The molecule has 0 radical (unpaired) electrons. The van der Waals surface area contributed by atoms with Crippen molar-refractivity contribution in [3.05, 3.63) is 62.7 Å². The molecule has 8 heteroatoms. The number of carbonyl (C=O) groups is 1. The summed E-state index contributed by atoms with van der Waals surface area (Å²) in [6, 6.07) is 9.25. The van der Waals surface area contributed by atoms with Gasteiger partial charge >= 0.3 is 0 Å². The first-order valence-electron chi connectivity index (χ1n) is 8.67. The van der Waals surface area contributed by atoms with Gasteiger partial charge in [0.15, 0.2) is 11.5 Å². The maximum Gasteiger partial charge on any atom is 0.270 e. The van der Waals surface area contributed by atoms with Crippen molar-refractivity contribution in [2.75, 3.05) is 13.2 Å². The molecule has 0 bridgehead atoms. The second kappa shape index (κ2) is 7.08. The zero-order valence-corrected chi connectivity index (χ0v) is 15.1. The molecule has 1 heterocycles. The normalized spacial score (nSPS) is 16.5. The first kappa shape index (κ1) is 17.6. The van der Waals surface area contributed by atoms with Crippen molar-refractivity contribution in [1.29, 1.82) is 0 Å². The molecule has 1 unspecified atom stereocenters. The van der Waals surface area contributed by atoms with Crippen molar-refractivity contribution < 1.29 is 19.2 Å². The summed E-state index contributed by atoms with van der Waals surface area (Å²) in [5.41, 5.74) is 0.831. The van der Waals surface area contributed by atoms with Crippen molar-refractivity contribution in [1.82, 2.24) is 5.32 Å². The number of halogens is 1. The van der Waals surface area contributed by atoms with Gasteiger partial charge in [-0.05, 0) is 42.5 Å². The SMILES string of the molecule is O=C(NC(c1ccc2c(c1)OCCO2)C1CC1)c1cc([N+](=O)[O-])ccc1Cl. The molecule has 1 amide bonds. The van der Waals surface area contributed by atoms with Crippen molar-refractivity contribution >= 4 is 23.2 Å². The van der Waals surface area contributed by atoms with E-state index in [2.05, 4.69) is 5.32 Å². The number of carbonyl (C=O) groups excluding carboxylic acids is 1. The number of nitro benzene ring substituents is 1. The molecule has 4 rings (SSSR count). The lowest BCUT2D eigenvalue weighted by atomic mass is 10.0. The number of ether oxygens (including phenoxy) is 2. The molecule has 1 aliphatic heterocycles. The fourth-order valence-electron chi connectivity index (χ4n) is 3.18. The van der Waals surface area contributed by atoms with Crippen molar-refractivity contribution in [3.63, 3.8) is 0 Å². The quantitative estimate of drug-likeness (QED) is 0.619.